The molecule has 0 fully saturated rings. The Morgan fingerprint density at radius 3 is 1.43 bits per heavy atom. The van der Waals surface area contributed by atoms with Crippen molar-refractivity contribution in [2.75, 3.05) is 9.80 Å². The summed E-state index contributed by atoms with van der Waals surface area (Å²) in [6.07, 6.45) is 0. The van der Waals surface area contributed by atoms with Crippen molar-refractivity contribution in [1.82, 2.24) is 0 Å². The van der Waals surface area contributed by atoms with Gasteiger partial charge in [-0.3, -0.25) is 0 Å². The Bertz CT molecular complexity index is 3270. The van der Waals surface area contributed by atoms with Crippen LogP contribution in [0.4, 0.5) is 39.8 Å². The summed E-state index contributed by atoms with van der Waals surface area (Å²) in [5.41, 5.74) is 9.77. The van der Waals surface area contributed by atoms with E-state index in [1.54, 1.807) is 0 Å². The fourth-order valence-corrected chi connectivity index (χ4v) is 8.30. The Kier molecular flexibility index (Phi) is 7.50. The van der Waals surface area contributed by atoms with Gasteiger partial charge >= 0.3 is 0 Å². The third-order valence-corrected chi connectivity index (χ3v) is 11.0. The Balaban J connectivity index is 1.02. The van der Waals surface area contributed by atoms with E-state index in [0.717, 1.165) is 99.5 Å². The highest BCUT2D eigenvalue weighted by molar-refractivity contribution is 6.18. The van der Waals surface area contributed by atoms with Crippen molar-refractivity contribution in [3.05, 3.63) is 199 Å². The molecule has 0 bridgehead atoms. The summed E-state index contributed by atoms with van der Waals surface area (Å²) in [5.74, 6) is 0. The molecule has 11 rings (SSSR count). The normalized spacial score (nSPS) is 11.4. The summed E-state index contributed by atoms with van der Waals surface area (Å²) in [7, 11) is 0. The fraction of sp³-hybridized carbons (Fsp3) is 0. The van der Waals surface area contributed by atoms with Gasteiger partial charge in [0.25, 0.3) is 0 Å². The van der Waals surface area contributed by atoms with Crippen LogP contribution >= 0.6 is 0 Å². The number of furan rings is 2. The topological polar surface area (TPSA) is 60.9 Å². The fourth-order valence-electron chi connectivity index (χ4n) is 8.30. The summed E-state index contributed by atoms with van der Waals surface area (Å²) in [6.45, 7) is 7.86. The second-order valence-corrected chi connectivity index (χ2v) is 14.4. The van der Waals surface area contributed by atoms with Gasteiger partial charge in [-0.1, -0.05) is 78.9 Å². The summed E-state index contributed by atoms with van der Waals surface area (Å²) >= 11 is 0. The van der Waals surface area contributed by atoms with Crippen molar-refractivity contribution in [1.29, 1.82) is 5.26 Å². The molecule has 2 heterocycles. The van der Waals surface area contributed by atoms with Gasteiger partial charge in [-0.25, -0.2) is 4.85 Å². The molecule has 2 aromatic heterocycles. The van der Waals surface area contributed by atoms with Gasteiger partial charge in [-0.05, 0) is 119 Å². The number of rotatable bonds is 6. The van der Waals surface area contributed by atoms with Crippen LogP contribution in [0.2, 0.25) is 0 Å². The molecule has 0 amide bonds. The molecular weight excluding hydrogens is 713 g/mol. The lowest BCUT2D eigenvalue weighted by Crippen LogP contribution is -2.11. The predicted molar refractivity (Wildman–Crippen MR) is 236 cm³/mol. The molecule has 0 aliphatic heterocycles. The first kappa shape index (κ1) is 33.1. The monoisotopic (exact) mass is 742 g/mol. The van der Waals surface area contributed by atoms with Crippen LogP contribution in [0.1, 0.15) is 5.56 Å². The number of nitrogens with zero attached hydrogens (tertiary/aromatic N) is 4. The van der Waals surface area contributed by atoms with Gasteiger partial charge in [0.1, 0.15) is 28.4 Å². The van der Waals surface area contributed by atoms with Crippen LogP contribution in [-0.4, -0.2) is 0 Å². The van der Waals surface area contributed by atoms with Gasteiger partial charge < -0.3 is 18.6 Å². The molecule has 0 aliphatic rings. The molecule has 0 unspecified atom stereocenters. The predicted octanol–water partition coefficient (Wildman–Crippen LogP) is 15.2. The minimum atomic E-state index is 0.585. The number of benzene rings is 9. The molecule has 6 nitrogen and oxygen atoms in total. The van der Waals surface area contributed by atoms with Crippen LogP contribution in [0.3, 0.4) is 0 Å². The molecule has 0 spiro atoms. The Morgan fingerprint density at radius 1 is 0.414 bits per heavy atom. The number of fused-ring (bicyclic) bond motifs is 8. The van der Waals surface area contributed by atoms with Crippen LogP contribution in [0.25, 0.3) is 70.3 Å². The number of nitriles is 1. The quantitative estimate of drug-likeness (QED) is 0.159. The van der Waals surface area contributed by atoms with Crippen LogP contribution in [0.5, 0.6) is 0 Å². The van der Waals surface area contributed by atoms with Gasteiger partial charge in [-0.15, -0.1) is 0 Å². The molecule has 11 aromatic rings. The van der Waals surface area contributed by atoms with Crippen molar-refractivity contribution in [2.45, 2.75) is 0 Å². The molecule has 9 aromatic carbocycles. The lowest BCUT2D eigenvalue weighted by atomic mass is 10.0. The second-order valence-electron chi connectivity index (χ2n) is 14.4. The van der Waals surface area contributed by atoms with Gasteiger partial charge in [0.05, 0.1) is 23.5 Å². The maximum atomic E-state index is 9.99. The van der Waals surface area contributed by atoms with E-state index in [-0.39, 0.29) is 0 Å². The molecule has 0 atom stereocenters. The molecule has 0 saturated carbocycles. The zero-order chi connectivity index (χ0) is 38.7. The molecule has 6 heteroatoms. The lowest BCUT2D eigenvalue weighted by Gasteiger charge is -2.27. The highest BCUT2D eigenvalue weighted by Gasteiger charge is 2.20. The van der Waals surface area contributed by atoms with Gasteiger partial charge in [-0.2, -0.15) is 5.26 Å². The Hall–Kier alpha value is -8.32. The number of anilines is 6. The first-order chi connectivity index (χ1) is 28.6. The first-order valence-electron chi connectivity index (χ1n) is 19.0. The second kappa shape index (κ2) is 13.2. The largest absolute Gasteiger partial charge is 0.456 e. The third-order valence-electron chi connectivity index (χ3n) is 11.0. The lowest BCUT2D eigenvalue weighted by molar-refractivity contribution is 0.656. The standard InChI is InChI=1S/C52H30N4O2/c1-54-46-17-9-11-19-48(46)56(39-15-6-3-7-16-39)41-23-21-34-27-43-45-30-44-42-26-33-20-22-40(55(38-13-4-2-5-14-38)47-18-10-8-12-35(47)32-53)24-36(33)28-49(42)57-51(44)31-52(45)58-50(43)29-37(34)25-41/h2-31H. The zero-order valence-electron chi connectivity index (χ0n) is 30.9. The first-order valence-corrected chi connectivity index (χ1v) is 19.0. The minimum Gasteiger partial charge on any atom is -0.456 e. The summed E-state index contributed by atoms with van der Waals surface area (Å²) in [5, 5.41) is 18.4. The molecular formula is C52H30N4O2. The Morgan fingerprint density at radius 2 is 0.879 bits per heavy atom. The van der Waals surface area contributed by atoms with Crippen LogP contribution in [-0.2, 0) is 0 Å². The molecule has 58 heavy (non-hydrogen) atoms. The average molecular weight is 743 g/mol. The van der Waals surface area contributed by atoms with E-state index >= 15 is 0 Å². The summed E-state index contributed by atoms with van der Waals surface area (Å²) < 4.78 is 13.1. The third kappa shape index (κ3) is 5.33. The molecule has 0 saturated heterocycles. The van der Waals surface area contributed by atoms with Gasteiger partial charge in [0, 0.05) is 50.4 Å². The van der Waals surface area contributed by atoms with E-state index in [1.807, 2.05) is 91.0 Å². The van der Waals surface area contributed by atoms with Crippen LogP contribution < -0.4 is 9.80 Å². The van der Waals surface area contributed by atoms with E-state index in [9.17, 15) is 5.26 Å². The maximum absolute atomic E-state index is 9.99. The Labute approximate surface area is 333 Å². The minimum absolute atomic E-state index is 0.585. The zero-order valence-corrected chi connectivity index (χ0v) is 30.9. The smallest absolute Gasteiger partial charge is 0.210 e. The number of hydrogen-bond donors (Lipinski definition) is 0. The average Bonchev–Trinajstić information content (AvgIpc) is 3.80. The van der Waals surface area contributed by atoms with Crippen molar-refractivity contribution < 1.29 is 8.83 Å². The highest BCUT2D eigenvalue weighted by Crippen LogP contribution is 2.44. The van der Waals surface area contributed by atoms with Crippen molar-refractivity contribution in [3.63, 3.8) is 0 Å². The van der Waals surface area contributed by atoms with Crippen LogP contribution in [0.15, 0.2) is 191 Å². The van der Waals surface area contributed by atoms with Gasteiger partial charge in [0.2, 0.25) is 5.69 Å². The SMILES string of the molecule is [C-]#[N+]c1ccccc1N(c1ccccc1)c1ccc2cc3c(cc2c1)oc1cc2oc4cc5cc(N(c6ccccc6)c6ccccc6C#N)ccc5cc4c2cc13. The van der Waals surface area contributed by atoms with Gasteiger partial charge in [0.15, 0.2) is 0 Å². The highest BCUT2D eigenvalue weighted by atomic mass is 16.3. The molecule has 0 aliphatic carbocycles. The van der Waals surface area contributed by atoms with E-state index in [2.05, 4.69) is 112 Å². The maximum Gasteiger partial charge on any atom is 0.210 e. The van der Waals surface area contributed by atoms with Crippen LogP contribution in [0, 0.1) is 17.9 Å². The number of hydrogen-bond acceptors (Lipinski definition) is 5. The molecule has 270 valence electrons. The summed E-state index contributed by atoms with van der Waals surface area (Å²) in [4.78, 5) is 8.09. The number of para-hydroxylation sites is 5. The van der Waals surface area contributed by atoms with Crippen molar-refractivity contribution in [2.24, 2.45) is 0 Å². The van der Waals surface area contributed by atoms with Crippen molar-refractivity contribution in [3.8, 4) is 6.07 Å². The molecule has 0 N–H and O–H groups in total. The van der Waals surface area contributed by atoms with E-state index in [4.69, 9.17) is 15.4 Å². The van der Waals surface area contributed by atoms with E-state index in [0.29, 0.717) is 11.3 Å². The van der Waals surface area contributed by atoms with Crippen molar-refractivity contribution >= 4 is 105 Å². The summed E-state index contributed by atoms with van der Waals surface area (Å²) in [6, 6.07) is 63.7. The van der Waals surface area contributed by atoms with E-state index in [1.165, 1.54) is 0 Å². The molecule has 0 radical (unpaired) electrons. The van der Waals surface area contributed by atoms with E-state index < -0.39 is 0 Å².